The average molecular weight is 749 g/mol. The number of rotatable bonds is 5. The fourth-order valence-electron chi connectivity index (χ4n) is 10.8. The Morgan fingerprint density at radius 1 is 0.714 bits per heavy atom. The van der Waals surface area contributed by atoms with E-state index in [1.54, 1.807) is 0 Å². The van der Waals surface area contributed by atoms with Crippen LogP contribution >= 0.6 is 0 Å². The molecule has 56 heavy (non-hydrogen) atoms. The van der Waals surface area contributed by atoms with Crippen LogP contribution in [0.5, 0.6) is 5.75 Å². The van der Waals surface area contributed by atoms with Gasteiger partial charge in [-0.2, -0.15) is 0 Å². The van der Waals surface area contributed by atoms with E-state index in [2.05, 4.69) is 70.9 Å². The van der Waals surface area contributed by atoms with Gasteiger partial charge in [-0.1, -0.05) is 48.5 Å². The first-order valence-electron chi connectivity index (χ1n) is 20.0. The molecule has 5 amide bonds. The average Bonchev–Trinajstić information content (AvgIpc) is 3.70. The van der Waals surface area contributed by atoms with E-state index in [0.717, 1.165) is 67.6 Å². The molecule has 1 unspecified atom stereocenters. The lowest BCUT2D eigenvalue weighted by Crippen LogP contribution is -2.60. The summed E-state index contributed by atoms with van der Waals surface area (Å²) in [7, 11) is 0. The number of anilines is 1. The number of piperidine rings is 2. The number of fused-ring (bicyclic) bond motifs is 3. The number of imide groups is 2. The summed E-state index contributed by atoms with van der Waals surface area (Å²) >= 11 is 0. The van der Waals surface area contributed by atoms with Gasteiger partial charge in [0.15, 0.2) is 0 Å². The minimum absolute atomic E-state index is 0.00857. The molecular formula is C46H44N4O6. The van der Waals surface area contributed by atoms with Crippen LogP contribution in [0.4, 0.5) is 5.69 Å². The van der Waals surface area contributed by atoms with Crippen LogP contribution in [0, 0.1) is 11.3 Å². The van der Waals surface area contributed by atoms with Crippen molar-refractivity contribution < 1.29 is 29.1 Å². The smallest absolute Gasteiger partial charge is 0.262 e. The largest absolute Gasteiger partial charge is 0.508 e. The number of carbonyl (C=O) groups excluding carboxylic acids is 5. The Balaban J connectivity index is 0.763. The normalized spacial score (nSPS) is 24.1. The number of nitrogens with one attached hydrogen (secondary N) is 1. The lowest BCUT2D eigenvalue weighted by molar-refractivity contribution is -0.148. The fraction of sp³-hybridized carbons (Fsp3) is 0.370. The molecule has 6 aliphatic rings. The van der Waals surface area contributed by atoms with Gasteiger partial charge in [0.1, 0.15) is 11.8 Å². The van der Waals surface area contributed by atoms with E-state index in [-0.39, 0.29) is 36.0 Å². The third kappa shape index (κ3) is 5.71. The second-order valence-electron chi connectivity index (χ2n) is 16.9. The Labute approximate surface area is 325 Å². The van der Waals surface area contributed by atoms with Gasteiger partial charge in [0, 0.05) is 55.5 Å². The summed E-state index contributed by atoms with van der Waals surface area (Å²) in [5.74, 6) is -0.875. The molecule has 4 aromatic rings. The monoisotopic (exact) mass is 748 g/mol. The summed E-state index contributed by atoms with van der Waals surface area (Å²) in [6.07, 6.45) is 5.29. The van der Waals surface area contributed by atoms with Crippen molar-refractivity contribution in [2.75, 3.05) is 31.1 Å². The van der Waals surface area contributed by atoms with Crippen LogP contribution in [-0.2, 0) is 33.6 Å². The molecule has 10 rings (SSSR count). The van der Waals surface area contributed by atoms with Crippen LogP contribution < -0.4 is 10.2 Å². The topological polar surface area (TPSA) is 127 Å². The van der Waals surface area contributed by atoms with Gasteiger partial charge in [-0.25, -0.2) is 0 Å². The summed E-state index contributed by atoms with van der Waals surface area (Å²) < 4.78 is 0. The van der Waals surface area contributed by atoms with Gasteiger partial charge >= 0.3 is 0 Å². The summed E-state index contributed by atoms with van der Waals surface area (Å²) in [4.78, 5) is 70.0. The van der Waals surface area contributed by atoms with Crippen LogP contribution in [0.1, 0.15) is 98.0 Å². The number of hydrogen-bond acceptors (Lipinski definition) is 7. The summed E-state index contributed by atoms with van der Waals surface area (Å²) in [6.45, 7) is 2.99. The van der Waals surface area contributed by atoms with Gasteiger partial charge in [-0.15, -0.1) is 0 Å². The van der Waals surface area contributed by atoms with Gasteiger partial charge in [0.05, 0.1) is 11.1 Å². The molecule has 1 spiro atoms. The fourth-order valence-corrected chi connectivity index (χ4v) is 10.8. The molecule has 3 fully saturated rings. The molecular weight excluding hydrogens is 705 g/mol. The highest BCUT2D eigenvalue weighted by Gasteiger charge is 2.52. The number of phenols is 1. The maximum absolute atomic E-state index is 13.8. The predicted molar refractivity (Wildman–Crippen MR) is 208 cm³/mol. The van der Waals surface area contributed by atoms with E-state index in [0.29, 0.717) is 35.9 Å². The molecule has 0 saturated carbocycles. The molecule has 2 N–H and O–H groups in total. The van der Waals surface area contributed by atoms with Gasteiger partial charge in [-0.05, 0) is 121 Å². The first-order chi connectivity index (χ1) is 27.1. The number of aryl methyl sites for hydroxylation is 1. The van der Waals surface area contributed by atoms with Crippen molar-refractivity contribution in [3.63, 3.8) is 0 Å². The first kappa shape index (κ1) is 34.7. The van der Waals surface area contributed by atoms with E-state index in [1.165, 1.54) is 27.9 Å². The zero-order valence-electron chi connectivity index (χ0n) is 31.2. The number of benzene rings is 4. The van der Waals surface area contributed by atoms with Gasteiger partial charge in [0.25, 0.3) is 11.8 Å². The molecule has 2 aliphatic carbocycles. The van der Waals surface area contributed by atoms with Crippen LogP contribution in [0.3, 0.4) is 0 Å². The van der Waals surface area contributed by atoms with Crippen molar-refractivity contribution in [2.24, 2.45) is 11.3 Å². The number of aromatic hydroxyl groups is 1. The molecule has 0 bridgehead atoms. The SMILES string of the molecule is O=C1CCC(N2C(=O)c3cc4c(cc3C2=O)CC2(C4)CN(C(=O)C3CCN(c4ccc([C@@H]5c6ccc(O)cc6CC[C@@H]5c5ccccc5)cc4)CC3)C2)C(=O)N1. The highest BCUT2D eigenvalue weighted by Crippen LogP contribution is 2.48. The highest BCUT2D eigenvalue weighted by molar-refractivity contribution is 6.23. The zero-order chi connectivity index (χ0) is 38.3. The summed E-state index contributed by atoms with van der Waals surface area (Å²) in [5, 5.41) is 12.5. The molecule has 3 saturated heterocycles. The molecule has 3 atom stereocenters. The zero-order valence-corrected chi connectivity index (χ0v) is 31.2. The molecule has 4 heterocycles. The lowest BCUT2D eigenvalue weighted by atomic mass is 9.69. The summed E-state index contributed by atoms with van der Waals surface area (Å²) in [6, 6.07) is 28.3. The lowest BCUT2D eigenvalue weighted by Gasteiger charge is -2.50. The van der Waals surface area contributed by atoms with E-state index in [9.17, 15) is 29.1 Å². The van der Waals surface area contributed by atoms with Crippen LogP contribution in [-0.4, -0.2) is 76.7 Å². The Hall–Kier alpha value is -5.77. The molecule has 4 aliphatic heterocycles. The van der Waals surface area contributed by atoms with Crippen molar-refractivity contribution in [2.45, 2.75) is 69.2 Å². The van der Waals surface area contributed by atoms with Gasteiger partial charge < -0.3 is 14.9 Å². The van der Waals surface area contributed by atoms with Crippen molar-refractivity contribution in [3.05, 3.63) is 129 Å². The quantitative estimate of drug-likeness (QED) is 0.258. The maximum Gasteiger partial charge on any atom is 0.262 e. The summed E-state index contributed by atoms with van der Waals surface area (Å²) in [5.41, 5.74) is 8.93. The maximum atomic E-state index is 13.8. The Morgan fingerprint density at radius 2 is 1.39 bits per heavy atom. The molecule has 0 radical (unpaired) electrons. The number of hydrogen-bond donors (Lipinski definition) is 2. The Bertz CT molecular complexity index is 2260. The van der Waals surface area contributed by atoms with Crippen molar-refractivity contribution in [3.8, 4) is 5.75 Å². The van der Waals surface area contributed by atoms with Crippen LogP contribution in [0.2, 0.25) is 0 Å². The van der Waals surface area contributed by atoms with Crippen LogP contribution in [0.15, 0.2) is 84.9 Å². The highest BCUT2D eigenvalue weighted by atomic mass is 16.3. The second kappa shape index (κ2) is 13.2. The number of likely N-dealkylation sites (tertiary alicyclic amines) is 1. The molecule has 4 aromatic carbocycles. The second-order valence-corrected chi connectivity index (χ2v) is 16.9. The van der Waals surface area contributed by atoms with Gasteiger partial charge in [0.2, 0.25) is 17.7 Å². The molecule has 284 valence electrons. The third-order valence-electron chi connectivity index (χ3n) is 13.5. The number of phenolic OH excluding ortho intramolecular Hbond substituents is 1. The minimum atomic E-state index is -0.976. The van der Waals surface area contributed by atoms with Crippen molar-refractivity contribution in [1.82, 2.24) is 15.1 Å². The number of amides is 5. The first-order valence-corrected chi connectivity index (χ1v) is 20.0. The molecule has 10 nitrogen and oxygen atoms in total. The third-order valence-corrected chi connectivity index (χ3v) is 13.5. The Morgan fingerprint density at radius 3 is 2.05 bits per heavy atom. The molecule has 0 aromatic heterocycles. The van der Waals surface area contributed by atoms with E-state index in [4.69, 9.17) is 0 Å². The van der Waals surface area contributed by atoms with E-state index >= 15 is 0 Å². The Kier molecular flexibility index (Phi) is 8.16. The van der Waals surface area contributed by atoms with E-state index < -0.39 is 29.7 Å². The minimum Gasteiger partial charge on any atom is -0.508 e. The van der Waals surface area contributed by atoms with Crippen molar-refractivity contribution in [1.29, 1.82) is 0 Å². The van der Waals surface area contributed by atoms with E-state index in [1.807, 2.05) is 29.2 Å². The van der Waals surface area contributed by atoms with Crippen LogP contribution in [0.25, 0.3) is 0 Å². The standard InChI is InChI=1S/C46H44N4O6/c51-34-11-13-36-30(20-34)8-12-35(27-4-2-1-3-5-27)41(36)28-6-9-33(10-7-28)48-18-16-29(17-19-48)43(54)49-25-46(26-49)23-31-21-37-38(22-32(31)24-46)45(56)50(44(37)55)39-14-15-40(52)47-42(39)53/h1-7,9-11,13,20-22,29,35,39,41,51H,8,12,14-19,23-26H2,(H,47,52,53)/t35-,39?,41+/m1/s1. The van der Waals surface area contributed by atoms with Gasteiger partial charge in [-0.3, -0.25) is 34.2 Å². The van der Waals surface area contributed by atoms with Crippen molar-refractivity contribution >= 4 is 35.2 Å². The number of carbonyl (C=O) groups is 5. The predicted octanol–water partition coefficient (Wildman–Crippen LogP) is 5.50. The molecule has 10 heteroatoms. The number of nitrogens with zero attached hydrogens (tertiary/aromatic N) is 3.